The van der Waals surface area contributed by atoms with Gasteiger partial charge < -0.3 is 5.32 Å². The maximum Gasteiger partial charge on any atom is 0.129 e. The quantitative estimate of drug-likeness (QED) is 0.843. The minimum Gasteiger partial charge on any atom is -0.316 e. The number of hydrogen-bond donors (Lipinski definition) is 1. The Balaban J connectivity index is 2.14. The summed E-state index contributed by atoms with van der Waals surface area (Å²) in [6.07, 6.45) is 0.771. The SMILES string of the molecule is CNC(Cc1ccc(F)cc1F)Cc1cc(Br)ccc1F. The van der Waals surface area contributed by atoms with E-state index in [0.717, 1.165) is 10.5 Å². The zero-order valence-electron chi connectivity index (χ0n) is 11.5. The summed E-state index contributed by atoms with van der Waals surface area (Å²) in [5.74, 6) is -1.47. The molecule has 1 unspecified atom stereocenters. The van der Waals surface area contributed by atoms with Crippen LogP contribution in [0.5, 0.6) is 0 Å². The number of benzene rings is 2. The molecule has 0 radical (unpaired) electrons. The van der Waals surface area contributed by atoms with Crippen LogP contribution < -0.4 is 5.32 Å². The van der Waals surface area contributed by atoms with E-state index in [1.54, 1.807) is 19.2 Å². The Morgan fingerprint density at radius 3 is 2.33 bits per heavy atom. The van der Waals surface area contributed by atoms with E-state index in [4.69, 9.17) is 0 Å². The van der Waals surface area contributed by atoms with Crippen molar-refractivity contribution in [1.29, 1.82) is 0 Å². The van der Waals surface area contributed by atoms with E-state index in [0.29, 0.717) is 24.0 Å². The van der Waals surface area contributed by atoms with Crippen molar-refractivity contribution in [1.82, 2.24) is 5.32 Å². The Kier molecular flexibility index (Phi) is 5.42. The lowest BCUT2D eigenvalue weighted by Crippen LogP contribution is -2.30. The topological polar surface area (TPSA) is 12.0 Å². The molecule has 0 aliphatic carbocycles. The summed E-state index contributed by atoms with van der Waals surface area (Å²) in [4.78, 5) is 0. The molecule has 0 aliphatic rings. The first kappa shape index (κ1) is 16.0. The number of likely N-dealkylation sites (N-methyl/N-ethyl adjacent to an activating group) is 1. The highest BCUT2D eigenvalue weighted by Crippen LogP contribution is 2.19. The Morgan fingerprint density at radius 1 is 0.952 bits per heavy atom. The van der Waals surface area contributed by atoms with Crippen LogP contribution in [-0.2, 0) is 12.8 Å². The van der Waals surface area contributed by atoms with Crippen LogP contribution in [0.2, 0.25) is 0 Å². The Morgan fingerprint density at radius 2 is 1.67 bits per heavy atom. The third-order valence-corrected chi connectivity index (χ3v) is 3.86. The summed E-state index contributed by atoms with van der Waals surface area (Å²) < 4.78 is 41.1. The highest BCUT2D eigenvalue weighted by Gasteiger charge is 2.14. The largest absolute Gasteiger partial charge is 0.316 e. The first-order valence-corrected chi connectivity index (χ1v) is 7.34. The fraction of sp³-hybridized carbons (Fsp3) is 0.250. The number of halogens is 4. The second-order valence-electron chi connectivity index (χ2n) is 4.87. The smallest absolute Gasteiger partial charge is 0.129 e. The molecule has 0 amide bonds. The molecule has 0 bridgehead atoms. The van der Waals surface area contributed by atoms with Crippen LogP contribution in [0.4, 0.5) is 13.2 Å². The molecule has 1 N–H and O–H groups in total. The predicted molar refractivity (Wildman–Crippen MR) is 80.7 cm³/mol. The lowest BCUT2D eigenvalue weighted by Gasteiger charge is -2.17. The van der Waals surface area contributed by atoms with E-state index in [1.807, 2.05) is 0 Å². The number of hydrogen-bond acceptors (Lipinski definition) is 1. The van der Waals surface area contributed by atoms with Crippen LogP contribution in [0.15, 0.2) is 40.9 Å². The van der Waals surface area contributed by atoms with Gasteiger partial charge in [0.2, 0.25) is 0 Å². The zero-order valence-corrected chi connectivity index (χ0v) is 13.1. The van der Waals surface area contributed by atoms with Gasteiger partial charge >= 0.3 is 0 Å². The third kappa shape index (κ3) is 4.32. The minimum absolute atomic E-state index is 0.145. The van der Waals surface area contributed by atoms with Gasteiger partial charge in [0, 0.05) is 16.6 Å². The summed E-state index contributed by atoms with van der Waals surface area (Å²) in [6.45, 7) is 0. The molecule has 0 saturated carbocycles. The summed E-state index contributed by atoms with van der Waals surface area (Å²) in [6, 6.07) is 8.10. The average molecular weight is 358 g/mol. The van der Waals surface area contributed by atoms with Gasteiger partial charge in [-0.05, 0) is 55.3 Å². The second kappa shape index (κ2) is 7.09. The van der Waals surface area contributed by atoms with Crippen LogP contribution in [0, 0.1) is 17.5 Å². The molecule has 0 aromatic heterocycles. The second-order valence-corrected chi connectivity index (χ2v) is 5.78. The van der Waals surface area contributed by atoms with Gasteiger partial charge in [-0.2, -0.15) is 0 Å². The average Bonchev–Trinajstić information content (AvgIpc) is 2.44. The maximum absolute atomic E-state index is 13.8. The Bertz CT molecular complexity index is 631. The Labute approximate surface area is 130 Å². The van der Waals surface area contributed by atoms with Crippen LogP contribution >= 0.6 is 15.9 Å². The normalized spacial score (nSPS) is 12.4. The van der Waals surface area contributed by atoms with Crippen molar-refractivity contribution < 1.29 is 13.2 Å². The van der Waals surface area contributed by atoms with E-state index in [2.05, 4.69) is 21.2 Å². The van der Waals surface area contributed by atoms with Crippen molar-refractivity contribution >= 4 is 15.9 Å². The van der Waals surface area contributed by atoms with Gasteiger partial charge in [-0.1, -0.05) is 22.0 Å². The molecule has 21 heavy (non-hydrogen) atoms. The number of nitrogens with one attached hydrogen (secondary N) is 1. The summed E-state index contributed by atoms with van der Waals surface area (Å²) >= 11 is 3.31. The first-order valence-electron chi connectivity index (χ1n) is 6.54. The van der Waals surface area contributed by atoms with Crippen LogP contribution in [-0.4, -0.2) is 13.1 Å². The van der Waals surface area contributed by atoms with Crippen molar-refractivity contribution in [3.63, 3.8) is 0 Å². The lowest BCUT2D eigenvalue weighted by molar-refractivity contribution is 0.512. The molecule has 1 atom stereocenters. The third-order valence-electron chi connectivity index (χ3n) is 3.36. The molecule has 2 rings (SSSR count). The van der Waals surface area contributed by atoms with Crippen molar-refractivity contribution in [3.8, 4) is 0 Å². The number of rotatable bonds is 5. The molecule has 0 saturated heterocycles. The molecule has 0 aliphatic heterocycles. The van der Waals surface area contributed by atoms with Gasteiger partial charge in [0.25, 0.3) is 0 Å². The molecule has 0 heterocycles. The van der Waals surface area contributed by atoms with E-state index in [-0.39, 0.29) is 11.9 Å². The molecule has 1 nitrogen and oxygen atoms in total. The lowest BCUT2D eigenvalue weighted by atomic mass is 9.98. The molecule has 0 spiro atoms. The van der Waals surface area contributed by atoms with Gasteiger partial charge in [0.05, 0.1) is 0 Å². The van der Waals surface area contributed by atoms with Gasteiger partial charge in [0.1, 0.15) is 17.5 Å². The minimum atomic E-state index is -0.602. The fourth-order valence-corrected chi connectivity index (χ4v) is 2.60. The van der Waals surface area contributed by atoms with E-state index >= 15 is 0 Å². The van der Waals surface area contributed by atoms with Crippen molar-refractivity contribution in [2.24, 2.45) is 0 Å². The molecular weight excluding hydrogens is 343 g/mol. The predicted octanol–water partition coefficient (Wildman–Crippen LogP) is 4.24. The summed E-state index contributed by atoms with van der Waals surface area (Å²) in [5.41, 5.74) is 0.956. The van der Waals surface area contributed by atoms with E-state index in [1.165, 1.54) is 18.2 Å². The van der Waals surface area contributed by atoms with Crippen LogP contribution in [0.25, 0.3) is 0 Å². The highest BCUT2D eigenvalue weighted by molar-refractivity contribution is 9.10. The molecular formula is C16H15BrF3N. The van der Waals surface area contributed by atoms with Gasteiger partial charge in [-0.3, -0.25) is 0 Å². The molecule has 112 valence electrons. The monoisotopic (exact) mass is 357 g/mol. The standard InChI is InChI=1S/C16H15BrF3N/c1-21-14(7-10-2-4-13(18)9-16(10)20)8-11-6-12(17)3-5-15(11)19/h2-6,9,14,21H,7-8H2,1H3. The van der Waals surface area contributed by atoms with Crippen LogP contribution in [0.1, 0.15) is 11.1 Å². The van der Waals surface area contributed by atoms with E-state index in [9.17, 15) is 13.2 Å². The van der Waals surface area contributed by atoms with E-state index < -0.39 is 11.6 Å². The van der Waals surface area contributed by atoms with Crippen LogP contribution in [0.3, 0.4) is 0 Å². The van der Waals surface area contributed by atoms with Crippen molar-refractivity contribution in [2.45, 2.75) is 18.9 Å². The molecule has 5 heteroatoms. The van der Waals surface area contributed by atoms with Gasteiger partial charge in [0.15, 0.2) is 0 Å². The molecule has 2 aromatic rings. The zero-order chi connectivity index (χ0) is 15.4. The maximum atomic E-state index is 13.8. The summed E-state index contributed by atoms with van der Waals surface area (Å²) in [5, 5.41) is 3.05. The Hall–Kier alpha value is -1.33. The molecule has 2 aromatic carbocycles. The van der Waals surface area contributed by atoms with Crippen molar-refractivity contribution in [2.75, 3.05) is 7.05 Å². The fourth-order valence-electron chi connectivity index (χ4n) is 2.19. The summed E-state index contributed by atoms with van der Waals surface area (Å²) in [7, 11) is 1.74. The van der Waals surface area contributed by atoms with Crippen molar-refractivity contribution in [3.05, 3.63) is 69.4 Å². The molecule has 0 fully saturated rings. The van der Waals surface area contributed by atoms with Gasteiger partial charge in [-0.15, -0.1) is 0 Å². The highest BCUT2D eigenvalue weighted by atomic mass is 79.9. The first-order chi connectivity index (χ1) is 9.99. The van der Waals surface area contributed by atoms with Gasteiger partial charge in [-0.25, -0.2) is 13.2 Å².